The first-order chi connectivity index (χ1) is 12.4. The van der Waals surface area contributed by atoms with Crippen LogP contribution >= 0.6 is 0 Å². The Hall–Kier alpha value is -2.25. The highest BCUT2D eigenvalue weighted by Gasteiger charge is 2.25. The summed E-state index contributed by atoms with van der Waals surface area (Å²) in [6, 6.07) is 8.69. The minimum atomic E-state index is -2.62. The molecule has 140 valence electrons. The Bertz CT molecular complexity index is 806. The van der Waals surface area contributed by atoms with Gasteiger partial charge in [0.05, 0.1) is 34.9 Å². The third kappa shape index (κ3) is 4.28. The summed E-state index contributed by atoms with van der Waals surface area (Å²) in [5.41, 5.74) is 3.16. The fourth-order valence-electron chi connectivity index (χ4n) is 2.65. The van der Waals surface area contributed by atoms with Crippen LogP contribution in [0.25, 0.3) is 0 Å². The number of aryl methyl sites for hydroxylation is 3. The molecule has 6 nitrogen and oxygen atoms in total. The average molecular weight is 375 g/mol. The topological polar surface area (TPSA) is 82.6 Å². The first kappa shape index (κ1) is 20.1. The van der Waals surface area contributed by atoms with E-state index in [0.717, 1.165) is 9.87 Å². The summed E-state index contributed by atoms with van der Waals surface area (Å²) >= 11 is -2.62. The maximum Gasteiger partial charge on any atom is 0.342 e. The molecule has 2 aromatic rings. The summed E-state index contributed by atoms with van der Waals surface area (Å²) in [6.45, 7) is 7.63. The van der Waals surface area contributed by atoms with Gasteiger partial charge in [0.2, 0.25) is 0 Å². The lowest BCUT2D eigenvalue weighted by Gasteiger charge is -2.29. The first-order valence-corrected chi connectivity index (χ1v) is 9.62. The molecule has 0 aliphatic rings. The fourth-order valence-corrected chi connectivity index (χ4v) is 3.25. The van der Waals surface area contributed by atoms with E-state index in [1.807, 2.05) is 32.9 Å². The van der Waals surface area contributed by atoms with Crippen molar-refractivity contribution in [2.45, 2.75) is 40.5 Å². The van der Waals surface area contributed by atoms with Crippen LogP contribution in [0, 0.1) is 6.92 Å². The SMILES string of the molecule is CCOC(=O)c1c(N(c2ccc(C)cc2)S(=O)[O-])cc(CC)nc1CC. The summed E-state index contributed by atoms with van der Waals surface area (Å²) in [7, 11) is 0. The maximum absolute atomic E-state index is 12.6. The number of esters is 1. The number of anilines is 2. The zero-order chi connectivity index (χ0) is 19.3. The van der Waals surface area contributed by atoms with Gasteiger partial charge in [-0.15, -0.1) is 0 Å². The number of aromatic nitrogens is 1. The summed E-state index contributed by atoms with van der Waals surface area (Å²) in [5, 5.41) is 0. The van der Waals surface area contributed by atoms with Crippen molar-refractivity contribution in [1.82, 2.24) is 4.98 Å². The minimum Gasteiger partial charge on any atom is -0.755 e. The number of rotatable bonds is 7. The molecule has 0 aliphatic carbocycles. The van der Waals surface area contributed by atoms with E-state index in [2.05, 4.69) is 4.98 Å². The van der Waals surface area contributed by atoms with Gasteiger partial charge in [-0.2, -0.15) is 0 Å². The normalized spacial score (nSPS) is 11.9. The molecule has 2 rings (SSSR count). The average Bonchev–Trinajstić information content (AvgIpc) is 2.62. The van der Waals surface area contributed by atoms with Gasteiger partial charge in [-0.1, -0.05) is 31.5 Å². The van der Waals surface area contributed by atoms with Crippen LogP contribution in [0.3, 0.4) is 0 Å². The van der Waals surface area contributed by atoms with E-state index >= 15 is 0 Å². The summed E-state index contributed by atoms with van der Waals surface area (Å²) in [5.74, 6) is -0.572. The number of benzene rings is 1. The van der Waals surface area contributed by atoms with Crippen LogP contribution in [-0.2, 0) is 28.8 Å². The van der Waals surface area contributed by atoms with Crippen LogP contribution in [0.5, 0.6) is 0 Å². The van der Waals surface area contributed by atoms with Crippen molar-refractivity contribution in [3.63, 3.8) is 0 Å². The Morgan fingerprint density at radius 1 is 1.19 bits per heavy atom. The number of ether oxygens (including phenoxy) is 1. The van der Waals surface area contributed by atoms with E-state index in [0.29, 0.717) is 29.9 Å². The minimum absolute atomic E-state index is 0.191. The summed E-state index contributed by atoms with van der Waals surface area (Å²) in [6.07, 6.45) is 1.11. The zero-order valence-electron chi connectivity index (χ0n) is 15.4. The lowest BCUT2D eigenvalue weighted by atomic mass is 10.1. The molecule has 1 aromatic heterocycles. The molecule has 26 heavy (non-hydrogen) atoms. The molecular weight excluding hydrogens is 352 g/mol. The van der Waals surface area contributed by atoms with E-state index in [9.17, 15) is 13.6 Å². The second-order valence-corrected chi connectivity index (χ2v) is 6.53. The highest BCUT2D eigenvalue weighted by atomic mass is 32.2. The highest BCUT2D eigenvalue weighted by molar-refractivity contribution is 7.81. The van der Waals surface area contributed by atoms with Crippen molar-refractivity contribution in [3.05, 3.63) is 52.8 Å². The van der Waals surface area contributed by atoms with Crippen LogP contribution in [0.2, 0.25) is 0 Å². The molecule has 0 saturated carbocycles. The molecule has 1 unspecified atom stereocenters. The van der Waals surface area contributed by atoms with Gasteiger partial charge >= 0.3 is 5.97 Å². The molecule has 0 bridgehead atoms. The van der Waals surface area contributed by atoms with Gasteiger partial charge < -0.3 is 9.29 Å². The van der Waals surface area contributed by atoms with Gasteiger partial charge in [-0.05, 0) is 44.9 Å². The maximum atomic E-state index is 12.6. The fraction of sp³-hybridized carbons (Fsp3) is 0.368. The van der Waals surface area contributed by atoms with Crippen LogP contribution < -0.4 is 4.31 Å². The van der Waals surface area contributed by atoms with E-state index in [-0.39, 0.29) is 17.9 Å². The highest BCUT2D eigenvalue weighted by Crippen LogP contribution is 2.33. The van der Waals surface area contributed by atoms with E-state index in [1.54, 1.807) is 25.1 Å². The standard InChI is InChI=1S/C19H24N2O4S/c1-5-14-12-17(18(16(6-2)20-14)19(22)25-7-3)21(26(23)24)15-10-8-13(4)9-11-15/h8-12H,5-7H2,1-4H3,(H,23,24)/p-1. The molecule has 0 N–H and O–H groups in total. The molecule has 1 heterocycles. The summed E-state index contributed by atoms with van der Waals surface area (Å²) < 4.78 is 30.4. The lowest BCUT2D eigenvalue weighted by Crippen LogP contribution is -2.24. The molecule has 1 atom stereocenters. The van der Waals surface area contributed by atoms with Gasteiger partial charge in [0, 0.05) is 5.69 Å². The Morgan fingerprint density at radius 2 is 1.85 bits per heavy atom. The van der Waals surface area contributed by atoms with Crippen molar-refractivity contribution < 1.29 is 18.3 Å². The number of nitrogens with zero attached hydrogens (tertiary/aromatic N) is 2. The van der Waals surface area contributed by atoms with Crippen LogP contribution in [0.1, 0.15) is 48.1 Å². The Labute approximate surface area is 156 Å². The second-order valence-electron chi connectivity index (χ2n) is 5.73. The predicted molar refractivity (Wildman–Crippen MR) is 101 cm³/mol. The quantitative estimate of drug-likeness (QED) is 0.545. The van der Waals surface area contributed by atoms with E-state index < -0.39 is 17.2 Å². The smallest absolute Gasteiger partial charge is 0.342 e. The number of carbonyl (C=O) groups is 1. The van der Waals surface area contributed by atoms with E-state index in [4.69, 9.17) is 4.74 Å². The van der Waals surface area contributed by atoms with Gasteiger partial charge in [0.25, 0.3) is 0 Å². The van der Waals surface area contributed by atoms with Gasteiger partial charge in [-0.3, -0.25) is 13.5 Å². The van der Waals surface area contributed by atoms with Crippen molar-refractivity contribution in [2.24, 2.45) is 0 Å². The molecule has 0 fully saturated rings. The third-order valence-electron chi connectivity index (χ3n) is 3.94. The zero-order valence-corrected chi connectivity index (χ0v) is 16.3. The number of pyridine rings is 1. The largest absolute Gasteiger partial charge is 0.755 e. The summed E-state index contributed by atoms with van der Waals surface area (Å²) in [4.78, 5) is 17.1. The lowest BCUT2D eigenvalue weighted by molar-refractivity contribution is 0.0525. The molecule has 0 spiro atoms. The molecule has 0 radical (unpaired) electrons. The molecule has 0 saturated heterocycles. The number of hydrogen-bond donors (Lipinski definition) is 0. The second kappa shape index (κ2) is 8.91. The molecular formula is C19H23N2O4S-. The molecule has 0 amide bonds. The van der Waals surface area contributed by atoms with Crippen molar-refractivity contribution in [1.29, 1.82) is 0 Å². The molecule has 1 aromatic carbocycles. The Balaban J connectivity index is 2.74. The van der Waals surface area contributed by atoms with Crippen LogP contribution in [0.15, 0.2) is 30.3 Å². The van der Waals surface area contributed by atoms with Gasteiger partial charge in [0.1, 0.15) is 5.56 Å². The molecule has 7 heteroatoms. The Kier molecular flexibility index (Phi) is 6.88. The number of hydrogen-bond acceptors (Lipinski definition) is 5. The predicted octanol–water partition coefficient (Wildman–Crippen LogP) is 3.62. The van der Waals surface area contributed by atoms with Crippen LogP contribution in [0.4, 0.5) is 11.4 Å². The van der Waals surface area contributed by atoms with Gasteiger partial charge in [-0.25, -0.2) is 4.79 Å². The first-order valence-electron chi connectivity index (χ1n) is 8.58. The molecule has 0 aliphatic heterocycles. The van der Waals surface area contributed by atoms with Crippen molar-refractivity contribution in [3.8, 4) is 0 Å². The van der Waals surface area contributed by atoms with E-state index in [1.165, 1.54) is 0 Å². The third-order valence-corrected chi connectivity index (χ3v) is 4.65. The van der Waals surface area contributed by atoms with Crippen molar-refractivity contribution in [2.75, 3.05) is 10.9 Å². The van der Waals surface area contributed by atoms with Crippen molar-refractivity contribution >= 4 is 28.6 Å². The van der Waals surface area contributed by atoms with Crippen LogP contribution in [-0.4, -0.2) is 26.3 Å². The number of carbonyl (C=O) groups excluding carboxylic acids is 1. The van der Waals surface area contributed by atoms with Gasteiger partial charge in [0.15, 0.2) is 0 Å². The monoisotopic (exact) mass is 375 g/mol. The Morgan fingerprint density at radius 3 is 2.35 bits per heavy atom.